The number of nitrogens with one attached hydrogen (secondary N) is 5. The van der Waals surface area contributed by atoms with Crippen LogP contribution in [0.4, 0.5) is 28.4 Å². The first-order valence-corrected chi connectivity index (χ1v) is 39.6. The maximum absolute atomic E-state index is 12.5. The van der Waals surface area contributed by atoms with E-state index in [4.69, 9.17) is 9.47 Å². The Hall–Kier alpha value is -15.7. The number of ether oxygens (including phenoxy) is 2. The summed E-state index contributed by atoms with van der Waals surface area (Å²) < 4.78 is 12.1. The molecule has 5 N–H and O–H groups in total. The molecule has 0 atom stereocenters. The number of rotatable bonds is 13. The molecule has 1 heterocycles. The number of fused-ring (bicyclic) bond motifs is 6. The molecule has 0 aliphatic heterocycles. The van der Waals surface area contributed by atoms with E-state index in [1.807, 2.05) is 211 Å². The van der Waals surface area contributed by atoms with Crippen molar-refractivity contribution in [1.82, 2.24) is 4.57 Å². The van der Waals surface area contributed by atoms with Crippen molar-refractivity contribution in [2.75, 3.05) is 40.8 Å². The molecular formula is C103H88N6O14. The second-order valence-corrected chi connectivity index (χ2v) is 29.3. The zero-order valence-electron chi connectivity index (χ0n) is 69.0. The summed E-state index contributed by atoms with van der Waals surface area (Å²) in [4.78, 5) is 147. The molecule has 123 heavy (non-hydrogen) atoms. The number of aryl methyl sites for hydroxylation is 5. The number of methoxy groups -OCH3 is 2. The van der Waals surface area contributed by atoms with Gasteiger partial charge in [0.25, 0.3) is 29.5 Å². The number of allylic oxidation sites excluding steroid dienone is 5. The number of hydrogen-bond acceptors (Lipinski definition) is 14. The number of Topliss-reactive ketones (excluding diaryl/α,β-unsaturated/α-hetero) is 6. The monoisotopic (exact) mass is 1630 g/mol. The minimum atomic E-state index is -0.393. The molecule has 0 radical (unpaired) electrons. The standard InChI is InChI=1S/C19H17NO3.C18H15NO3.3C18H15NO2.C12H11NO2/c1-12-7-9-14(11-17(12)23-2)20-19(22)16-10-8-13-5-3-4-6-15(13)18(16)21;1-22-14-9-7-13(8-10-14)19-18(21)16-11-6-12-4-2-3-5-15(12)17(16)20;1-12-6-2-5-9-16(12)19-18(21)15-11-10-13-7-3-4-8-14(13)17(15)20;1-12-5-4-7-14(11-12)19-18(21)16-10-9-13-6-2-3-8-15(13)17(16)20;1-12-6-9-14(10-7-12)19-18(21)16-11-8-13-4-2-3-5-15(13)17(16)20;1-8(14)10-7-13(2)11-6-4-3-5-9(11)12(10)15/h3-7,9-11H,8H2,1-2H3,(H,20,22);2-5,7-11H,6H2,1H3,(H,19,21);2-9,11H,10H2,1H3,(H,19,21);2-8,10-11H,9H2,1H3,(H,19,21);2-7,9-11H,8H2,1H3,(H,19,21);3-7H,1-2H3. The molecule has 0 saturated carbocycles. The summed E-state index contributed by atoms with van der Waals surface area (Å²) in [6, 6.07) is 79.1. The number of pyridine rings is 1. The Morgan fingerprint density at radius 1 is 0.325 bits per heavy atom. The quantitative estimate of drug-likeness (QED) is 0.0530. The van der Waals surface area contributed by atoms with E-state index < -0.39 is 5.91 Å². The van der Waals surface area contributed by atoms with E-state index in [1.54, 1.807) is 140 Å². The molecule has 0 fully saturated rings. The molecule has 5 aliphatic carbocycles. The first kappa shape index (κ1) is 86.6. The topological polar surface area (TPSA) is 288 Å². The minimum absolute atomic E-state index is 0.184. The molecule has 0 saturated heterocycles. The molecule has 1 aromatic heterocycles. The van der Waals surface area contributed by atoms with E-state index >= 15 is 0 Å². The highest BCUT2D eigenvalue weighted by atomic mass is 16.5. The van der Waals surface area contributed by atoms with E-state index in [9.17, 15) is 57.5 Å². The zero-order chi connectivity index (χ0) is 87.4. The van der Waals surface area contributed by atoms with Crippen molar-refractivity contribution in [2.24, 2.45) is 7.05 Å². The van der Waals surface area contributed by atoms with E-state index in [1.165, 1.54) is 6.92 Å². The van der Waals surface area contributed by atoms with Crippen LogP contribution in [-0.4, -0.2) is 83.0 Å². The van der Waals surface area contributed by atoms with Crippen LogP contribution in [0.5, 0.6) is 11.5 Å². The molecule has 0 bridgehead atoms. The highest BCUT2D eigenvalue weighted by Gasteiger charge is 2.31. The number of benzene rings is 11. The van der Waals surface area contributed by atoms with E-state index in [0.29, 0.717) is 99.6 Å². The number of hydrogen-bond donors (Lipinski definition) is 5. The maximum Gasteiger partial charge on any atom is 0.259 e. The Balaban J connectivity index is 0.000000135. The summed E-state index contributed by atoms with van der Waals surface area (Å²) in [7, 11) is 4.99. The van der Waals surface area contributed by atoms with Gasteiger partial charge in [0.1, 0.15) is 11.5 Å². The van der Waals surface area contributed by atoms with E-state index in [2.05, 4.69) is 26.6 Å². The number of nitrogens with zero attached hydrogens (tertiary/aromatic N) is 1. The van der Waals surface area contributed by atoms with Crippen molar-refractivity contribution in [3.05, 3.63) is 419 Å². The molecule has 12 aromatic rings. The molecule has 614 valence electrons. The van der Waals surface area contributed by atoms with Gasteiger partial charge in [0.05, 0.1) is 53.2 Å². The largest absolute Gasteiger partial charge is 0.497 e. The lowest BCUT2D eigenvalue weighted by molar-refractivity contribution is -0.113. The Kier molecular flexibility index (Phi) is 28.3. The zero-order valence-corrected chi connectivity index (χ0v) is 69.0. The van der Waals surface area contributed by atoms with Gasteiger partial charge in [0.15, 0.2) is 40.1 Å². The Bertz CT molecular complexity index is 6440. The maximum atomic E-state index is 12.5. The smallest absolute Gasteiger partial charge is 0.259 e. The first-order chi connectivity index (χ1) is 59.4. The molecular weight excluding hydrogens is 1550 g/mol. The van der Waals surface area contributed by atoms with Crippen molar-refractivity contribution in [3.63, 3.8) is 0 Å². The van der Waals surface area contributed by atoms with Gasteiger partial charge in [-0.05, 0) is 184 Å². The third kappa shape index (κ3) is 21.2. The van der Waals surface area contributed by atoms with Gasteiger partial charge in [-0.2, -0.15) is 0 Å². The lowest BCUT2D eigenvalue weighted by Crippen LogP contribution is -2.24. The third-order valence-electron chi connectivity index (χ3n) is 20.9. The highest BCUT2D eigenvalue weighted by molar-refractivity contribution is 6.33. The van der Waals surface area contributed by atoms with Gasteiger partial charge in [-0.1, -0.05) is 218 Å². The van der Waals surface area contributed by atoms with Crippen LogP contribution in [0.25, 0.3) is 10.9 Å². The van der Waals surface area contributed by atoms with Crippen LogP contribution in [0.3, 0.4) is 0 Å². The molecule has 0 spiro atoms. The molecule has 17 rings (SSSR count). The number of carbonyl (C=O) groups excluding carboxylic acids is 11. The summed E-state index contributed by atoms with van der Waals surface area (Å²) in [5.74, 6) is -1.69. The fourth-order valence-corrected chi connectivity index (χ4v) is 14.1. The van der Waals surface area contributed by atoms with Gasteiger partial charge >= 0.3 is 0 Å². The van der Waals surface area contributed by atoms with Gasteiger partial charge in [0.2, 0.25) is 0 Å². The number of carbonyl (C=O) groups is 11. The van der Waals surface area contributed by atoms with Crippen LogP contribution >= 0.6 is 0 Å². The normalized spacial score (nSPS) is 12.9. The van der Waals surface area contributed by atoms with Crippen molar-refractivity contribution in [1.29, 1.82) is 0 Å². The Morgan fingerprint density at radius 2 is 0.675 bits per heavy atom. The van der Waals surface area contributed by atoms with Gasteiger partial charge in [0, 0.05) is 81.0 Å². The lowest BCUT2D eigenvalue weighted by Gasteiger charge is -2.16. The van der Waals surface area contributed by atoms with E-state index in [0.717, 1.165) is 61.3 Å². The van der Waals surface area contributed by atoms with E-state index in [-0.39, 0.29) is 97.2 Å². The Labute approximate surface area is 711 Å². The molecule has 5 amide bonds. The summed E-state index contributed by atoms with van der Waals surface area (Å²) in [5, 5.41) is 14.5. The number of amides is 5. The second kappa shape index (κ2) is 40.2. The van der Waals surface area contributed by atoms with Crippen LogP contribution in [0, 0.1) is 27.7 Å². The van der Waals surface area contributed by atoms with Crippen molar-refractivity contribution < 1.29 is 62.2 Å². The van der Waals surface area contributed by atoms with Crippen LogP contribution in [-0.2, 0) is 63.1 Å². The highest BCUT2D eigenvalue weighted by Crippen LogP contribution is 2.30. The molecule has 11 aromatic carbocycles. The molecule has 20 heteroatoms. The van der Waals surface area contributed by atoms with Crippen LogP contribution < -0.4 is 41.5 Å². The number of aromatic nitrogens is 1. The SMILES string of the molecule is CC(=O)c1cn(C)c2ccccc2c1=O.COc1cc(NC(=O)C2=CCc3ccccc3C2=O)ccc1C.COc1ccc(NC(=O)C2=CCc3ccccc3C2=O)cc1.Cc1ccc(NC(=O)C2=CCc3ccccc3C2=O)cc1.Cc1cccc(NC(=O)C2=CCc3ccccc3C2=O)c1.Cc1ccccc1NC(=O)C1=CCc2ccccc2C1=O. The second-order valence-electron chi connectivity index (χ2n) is 29.3. The van der Waals surface area contributed by atoms with Gasteiger partial charge in [-0.25, -0.2) is 0 Å². The van der Waals surface area contributed by atoms with Gasteiger partial charge < -0.3 is 40.6 Å². The fourth-order valence-electron chi connectivity index (χ4n) is 14.1. The van der Waals surface area contributed by atoms with Crippen LogP contribution in [0.1, 0.15) is 119 Å². The number of ketones is 6. The fraction of sp³-hybridized carbons (Fsp3) is 0.126. The predicted octanol–water partition coefficient (Wildman–Crippen LogP) is 17.9. The molecule has 20 nitrogen and oxygen atoms in total. The summed E-state index contributed by atoms with van der Waals surface area (Å²) in [6.45, 7) is 9.19. The summed E-state index contributed by atoms with van der Waals surface area (Å²) in [6.07, 6.45) is 13.1. The minimum Gasteiger partial charge on any atom is -0.497 e. The van der Waals surface area contributed by atoms with Crippen molar-refractivity contribution in [2.45, 2.75) is 66.7 Å². The average Bonchev–Trinajstić information content (AvgIpc) is 0.811. The average molecular weight is 1630 g/mol. The predicted molar refractivity (Wildman–Crippen MR) is 479 cm³/mol. The molecule has 5 aliphatic rings. The van der Waals surface area contributed by atoms with Crippen molar-refractivity contribution in [3.8, 4) is 11.5 Å². The lowest BCUT2D eigenvalue weighted by atomic mass is 9.90. The Morgan fingerprint density at radius 3 is 1.07 bits per heavy atom. The van der Waals surface area contributed by atoms with Gasteiger partial charge in [-0.15, -0.1) is 0 Å². The summed E-state index contributed by atoms with van der Waals surface area (Å²) in [5.41, 5.74) is 17.3. The third-order valence-corrected chi connectivity index (χ3v) is 20.9. The van der Waals surface area contributed by atoms with Crippen molar-refractivity contribution >= 4 is 104 Å². The number of anilines is 5. The van der Waals surface area contributed by atoms with Gasteiger partial charge in [-0.3, -0.25) is 57.5 Å². The molecule has 0 unspecified atom stereocenters. The van der Waals surface area contributed by atoms with Crippen LogP contribution in [0.2, 0.25) is 0 Å². The summed E-state index contributed by atoms with van der Waals surface area (Å²) >= 11 is 0. The van der Waals surface area contributed by atoms with Crippen LogP contribution in [0.15, 0.2) is 330 Å². The number of para-hydroxylation sites is 2. The first-order valence-electron chi connectivity index (χ1n) is 39.6.